The van der Waals surface area contributed by atoms with E-state index < -0.39 is 0 Å². The van der Waals surface area contributed by atoms with E-state index in [0.717, 1.165) is 25.9 Å². The third-order valence-electron chi connectivity index (χ3n) is 5.74. The second-order valence-electron chi connectivity index (χ2n) is 7.50. The summed E-state index contributed by atoms with van der Waals surface area (Å²) >= 11 is 3.44. The van der Waals surface area contributed by atoms with E-state index in [4.69, 9.17) is 9.47 Å². The molecule has 0 N–H and O–H groups in total. The second kappa shape index (κ2) is 9.63. The fourth-order valence-electron chi connectivity index (χ4n) is 4.10. The number of rotatable bonds is 4. The average Bonchev–Trinajstić information content (AvgIpc) is 3.01. The van der Waals surface area contributed by atoms with Gasteiger partial charge in [0.15, 0.2) is 0 Å². The number of hydrogen-bond donors (Lipinski definition) is 0. The number of benzene rings is 1. The summed E-state index contributed by atoms with van der Waals surface area (Å²) in [6.45, 7) is 2.93. The topological polar surface area (TPSA) is 59.1 Å². The van der Waals surface area contributed by atoms with Crippen molar-refractivity contribution in [2.24, 2.45) is 5.92 Å². The molecule has 2 aliphatic heterocycles. The van der Waals surface area contributed by atoms with Gasteiger partial charge < -0.3 is 19.3 Å². The molecule has 0 atom stereocenters. The molecule has 0 spiro atoms. The Labute approximate surface area is 175 Å². The fraction of sp³-hybridized carbons (Fsp3) is 0.619. The van der Waals surface area contributed by atoms with Gasteiger partial charge in [0.1, 0.15) is 11.5 Å². The van der Waals surface area contributed by atoms with Crippen LogP contribution in [0.15, 0.2) is 16.6 Å². The summed E-state index contributed by atoms with van der Waals surface area (Å²) in [6.07, 6.45) is 6.08. The molecule has 0 radical (unpaired) electrons. The number of carbonyl (C=O) groups excluding carboxylic acids is 2. The molecule has 0 saturated carbocycles. The van der Waals surface area contributed by atoms with E-state index >= 15 is 0 Å². The van der Waals surface area contributed by atoms with Crippen LogP contribution in [-0.2, 0) is 4.79 Å². The minimum Gasteiger partial charge on any atom is -0.497 e. The first-order chi connectivity index (χ1) is 13.5. The molecule has 0 aromatic heterocycles. The second-order valence-corrected chi connectivity index (χ2v) is 8.35. The Bertz CT molecular complexity index is 709. The molecule has 3 rings (SSSR count). The minimum atomic E-state index is -0.0860. The van der Waals surface area contributed by atoms with Crippen LogP contribution in [0.4, 0.5) is 0 Å². The number of carbonyl (C=O) groups is 2. The van der Waals surface area contributed by atoms with Gasteiger partial charge in [0, 0.05) is 32.1 Å². The largest absolute Gasteiger partial charge is 0.497 e. The van der Waals surface area contributed by atoms with Crippen LogP contribution in [0.2, 0.25) is 0 Å². The predicted octanol–water partition coefficient (Wildman–Crippen LogP) is 3.72. The normalized spacial score (nSPS) is 18.5. The third-order valence-corrected chi connectivity index (χ3v) is 6.33. The lowest BCUT2D eigenvalue weighted by Crippen LogP contribution is -2.44. The zero-order valence-corrected chi connectivity index (χ0v) is 18.3. The number of ether oxygens (including phenoxy) is 2. The first-order valence-corrected chi connectivity index (χ1v) is 10.8. The van der Waals surface area contributed by atoms with E-state index in [1.54, 1.807) is 26.4 Å². The summed E-state index contributed by atoms with van der Waals surface area (Å²) in [7, 11) is 3.12. The fourth-order valence-corrected chi connectivity index (χ4v) is 4.70. The van der Waals surface area contributed by atoms with Gasteiger partial charge in [-0.1, -0.05) is 12.8 Å². The van der Waals surface area contributed by atoms with Crippen LogP contribution in [-0.4, -0.2) is 62.0 Å². The zero-order chi connectivity index (χ0) is 20.1. The highest BCUT2D eigenvalue weighted by Crippen LogP contribution is 2.35. The number of hydrogen-bond acceptors (Lipinski definition) is 4. The molecule has 7 heteroatoms. The third kappa shape index (κ3) is 4.62. The maximum absolute atomic E-state index is 13.1. The number of nitrogens with zero attached hydrogens (tertiary/aromatic N) is 2. The van der Waals surface area contributed by atoms with Gasteiger partial charge in [-0.25, -0.2) is 0 Å². The number of amides is 2. The van der Waals surface area contributed by atoms with Gasteiger partial charge in [-0.2, -0.15) is 0 Å². The molecule has 0 bridgehead atoms. The van der Waals surface area contributed by atoms with E-state index in [1.165, 1.54) is 12.8 Å². The summed E-state index contributed by atoms with van der Waals surface area (Å²) in [5, 5.41) is 0. The van der Waals surface area contributed by atoms with E-state index in [9.17, 15) is 9.59 Å². The van der Waals surface area contributed by atoms with Crippen LogP contribution in [0.5, 0.6) is 11.5 Å². The summed E-state index contributed by atoms with van der Waals surface area (Å²) in [5.41, 5.74) is 0.478. The van der Waals surface area contributed by atoms with Crippen molar-refractivity contribution >= 4 is 27.7 Å². The van der Waals surface area contributed by atoms with Crippen LogP contribution < -0.4 is 9.47 Å². The minimum absolute atomic E-state index is 0.0288. The molecule has 2 fully saturated rings. The van der Waals surface area contributed by atoms with Crippen LogP contribution in [0, 0.1) is 5.92 Å². The van der Waals surface area contributed by atoms with Gasteiger partial charge in [-0.15, -0.1) is 0 Å². The smallest absolute Gasteiger partial charge is 0.257 e. The van der Waals surface area contributed by atoms with Gasteiger partial charge in [0.05, 0.1) is 24.3 Å². The van der Waals surface area contributed by atoms with Crippen molar-refractivity contribution in [3.63, 3.8) is 0 Å². The summed E-state index contributed by atoms with van der Waals surface area (Å²) in [5.74, 6) is 1.32. The number of piperidine rings is 1. The first-order valence-electron chi connectivity index (χ1n) is 10.0. The molecular formula is C21H29BrN2O4. The van der Waals surface area contributed by atoms with Crippen LogP contribution in [0.1, 0.15) is 48.9 Å². The Morgan fingerprint density at radius 3 is 2.14 bits per heavy atom. The van der Waals surface area contributed by atoms with E-state index in [-0.39, 0.29) is 17.7 Å². The highest BCUT2D eigenvalue weighted by Gasteiger charge is 2.32. The lowest BCUT2D eigenvalue weighted by Gasteiger charge is -2.34. The molecule has 2 heterocycles. The summed E-state index contributed by atoms with van der Waals surface area (Å²) in [6, 6.07) is 3.49. The van der Waals surface area contributed by atoms with E-state index in [1.807, 2.05) is 9.80 Å². The maximum Gasteiger partial charge on any atom is 0.257 e. The number of methoxy groups -OCH3 is 2. The first kappa shape index (κ1) is 21.0. The Kier molecular flexibility index (Phi) is 7.21. The van der Waals surface area contributed by atoms with Crippen molar-refractivity contribution < 1.29 is 19.1 Å². The monoisotopic (exact) mass is 452 g/mol. The molecule has 6 nitrogen and oxygen atoms in total. The van der Waals surface area contributed by atoms with Crippen LogP contribution >= 0.6 is 15.9 Å². The van der Waals surface area contributed by atoms with E-state index in [2.05, 4.69) is 15.9 Å². The lowest BCUT2D eigenvalue weighted by atomic mass is 9.94. The van der Waals surface area contributed by atoms with Gasteiger partial charge in [0.2, 0.25) is 5.91 Å². The highest BCUT2D eigenvalue weighted by atomic mass is 79.9. The van der Waals surface area contributed by atoms with Crippen LogP contribution in [0.3, 0.4) is 0 Å². The predicted molar refractivity (Wildman–Crippen MR) is 111 cm³/mol. The van der Waals surface area contributed by atoms with Crippen molar-refractivity contribution in [1.29, 1.82) is 0 Å². The quantitative estimate of drug-likeness (QED) is 0.698. The van der Waals surface area contributed by atoms with Crippen molar-refractivity contribution in [3.8, 4) is 11.5 Å². The summed E-state index contributed by atoms with van der Waals surface area (Å²) in [4.78, 5) is 29.8. The number of likely N-dealkylation sites (tertiary alicyclic amines) is 2. The average molecular weight is 453 g/mol. The molecule has 1 aromatic rings. The van der Waals surface area contributed by atoms with E-state index in [0.29, 0.717) is 47.5 Å². The van der Waals surface area contributed by atoms with Gasteiger partial charge in [0.25, 0.3) is 5.91 Å². The van der Waals surface area contributed by atoms with Gasteiger partial charge >= 0.3 is 0 Å². The molecule has 1 aromatic carbocycles. The van der Waals surface area contributed by atoms with Crippen molar-refractivity contribution in [1.82, 2.24) is 9.80 Å². The molecule has 0 aliphatic carbocycles. The van der Waals surface area contributed by atoms with Gasteiger partial charge in [-0.05, 0) is 53.7 Å². The molecule has 28 heavy (non-hydrogen) atoms. The zero-order valence-electron chi connectivity index (χ0n) is 16.7. The van der Waals surface area contributed by atoms with Gasteiger partial charge in [-0.3, -0.25) is 9.59 Å². The van der Waals surface area contributed by atoms with Crippen LogP contribution in [0.25, 0.3) is 0 Å². The van der Waals surface area contributed by atoms with Crippen molar-refractivity contribution in [2.45, 2.75) is 38.5 Å². The Hall–Kier alpha value is -1.76. The SMILES string of the molecule is COc1cc(Br)c(OC)c(C(=O)N2CCC(C(=O)N3CCCCCC3)CC2)c1. The molecular weight excluding hydrogens is 424 g/mol. The molecule has 2 amide bonds. The van der Waals surface area contributed by atoms with Crippen molar-refractivity contribution in [2.75, 3.05) is 40.4 Å². The van der Waals surface area contributed by atoms with Crippen molar-refractivity contribution in [3.05, 3.63) is 22.2 Å². The molecule has 2 aliphatic rings. The lowest BCUT2D eigenvalue weighted by molar-refractivity contribution is -0.136. The molecule has 154 valence electrons. The highest BCUT2D eigenvalue weighted by molar-refractivity contribution is 9.10. The Balaban J connectivity index is 1.65. The Morgan fingerprint density at radius 1 is 0.929 bits per heavy atom. The Morgan fingerprint density at radius 2 is 1.57 bits per heavy atom. The molecule has 2 saturated heterocycles. The standard InChI is InChI=1S/C21H29BrN2O4/c1-27-16-13-17(19(28-2)18(22)14-16)21(26)24-11-7-15(8-12-24)20(25)23-9-5-3-4-6-10-23/h13-15H,3-12H2,1-2H3. The molecule has 0 unspecified atom stereocenters. The number of halogens is 1. The maximum atomic E-state index is 13.1. The summed E-state index contributed by atoms with van der Waals surface area (Å²) < 4.78 is 11.4.